The molecule has 4 aromatic rings. The number of nitrogens with two attached hydrogens (primary N) is 1. The number of nitrogens with one attached hydrogen (secondary N) is 1. The van der Waals surface area contributed by atoms with E-state index in [0.717, 1.165) is 11.1 Å². The van der Waals surface area contributed by atoms with Crippen LogP contribution >= 0.6 is 0 Å². The fourth-order valence-electron chi connectivity index (χ4n) is 4.98. The Kier molecular flexibility index (Phi) is 5.67. The standard InChI is InChI=1S/C23H25F4N9O/c1-12-29-18-3-2-16(30-21(18)35(12)11-23(25,26)27)14-4-7-36-19(14)20(28)32-22(33-36)31-17-5-6-34(8-15(17)24)13-9-37-10-13/h2-4,7,13,15,17H,5-6,8-11H2,1H3,(H3,28,31,32,33)/t15-,17+/m0/s1. The summed E-state index contributed by atoms with van der Waals surface area (Å²) in [6.45, 7) is 2.66. The summed E-state index contributed by atoms with van der Waals surface area (Å²) in [4.78, 5) is 15.1. The molecule has 2 aliphatic rings. The first-order valence-electron chi connectivity index (χ1n) is 11.9. The zero-order valence-corrected chi connectivity index (χ0v) is 19.9. The van der Waals surface area contributed by atoms with Gasteiger partial charge in [-0.05, 0) is 31.5 Å². The van der Waals surface area contributed by atoms with Crippen LogP contribution in [0.2, 0.25) is 0 Å². The van der Waals surface area contributed by atoms with E-state index >= 15 is 0 Å². The number of likely N-dealkylation sites (tertiary alicyclic amines) is 1. The molecule has 0 aromatic carbocycles. The van der Waals surface area contributed by atoms with Gasteiger partial charge in [0.15, 0.2) is 11.5 Å². The largest absolute Gasteiger partial charge is 0.406 e. The molecule has 0 unspecified atom stereocenters. The number of rotatable bonds is 5. The zero-order valence-electron chi connectivity index (χ0n) is 19.9. The molecule has 2 atom stereocenters. The van der Waals surface area contributed by atoms with Crippen LogP contribution in [0, 0.1) is 6.92 Å². The van der Waals surface area contributed by atoms with Gasteiger partial charge < -0.3 is 20.4 Å². The maximum Gasteiger partial charge on any atom is 0.406 e. The van der Waals surface area contributed by atoms with E-state index in [-0.39, 0.29) is 29.3 Å². The van der Waals surface area contributed by atoms with Crippen molar-refractivity contribution in [3.8, 4) is 11.3 Å². The number of halogens is 4. The molecule has 0 bridgehead atoms. The Morgan fingerprint density at radius 1 is 1.16 bits per heavy atom. The van der Waals surface area contributed by atoms with Crippen LogP contribution in [0.15, 0.2) is 24.4 Å². The Morgan fingerprint density at radius 2 is 1.97 bits per heavy atom. The molecule has 0 amide bonds. The molecule has 2 saturated heterocycles. The molecule has 4 aromatic heterocycles. The number of aromatic nitrogens is 6. The van der Waals surface area contributed by atoms with Crippen LogP contribution in [0.3, 0.4) is 0 Å². The molecule has 14 heteroatoms. The van der Waals surface area contributed by atoms with Crippen LogP contribution < -0.4 is 11.1 Å². The Hall–Kier alpha value is -3.52. The van der Waals surface area contributed by atoms with Crippen LogP contribution in [0.4, 0.5) is 29.3 Å². The van der Waals surface area contributed by atoms with Gasteiger partial charge in [0.2, 0.25) is 5.95 Å². The highest BCUT2D eigenvalue weighted by atomic mass is 19.4. The number of nitrogen functional groups attached to an aromatic ring is 1. The molecule has 0 spiro atoms. The minimum absolute atomic E-state index is 0.123. The summed E-state index contributed by atoms with van der Waals surface area (Å²) in [6, 6.07) is 4.84. The number of piperidine rings is 1. The van der Waals surface area contributed by atoms with E-state index in [1.54, 1.807) is 24.4 Å². The van der Waals surface area contributed by atoms with Crippen molar-refractivity contribution in [2.45, 2.75) is 44.3 Å². The van der Waals surface area contributed by atoms with Crippen LogP contribution in [0.25, 0.3) is 27.9 Å². The summed E-state index contributed by atoms with van der Waals surface area (Å²) >= 11 is 0. The van der Waals surface area contributed by atoms with Gasteiger partial charge in [-0.25, -0.2) is 18.9 Å². The highest BCUT2D eigenvalue weighted by Crippen LogP contribution is 2.31. The van der Waals surface area contributed by atoms with E-state index in [2.05, 4.69) is 30.3 Å². The first-order valence-corrected chi connectivity index (χ1v) is 11.9. The predicted octanol–water partition coefficient (Wildman–Crippen LogP) is 2.82. The van der Waals surface area contributed by atoms with E-state index in [0.29, 0.717) is 48.5 Å². The minimum Gasteiger partial charge on any atom is -0.382 e. The monoisotopic (exact) mass is 519 g/mol. The number of imidazole rings is 1. The van der Waals surface area contributed by atoms with Gasteiger partial charge in [0.05, 0.1) is 31.0 Å². The van der Waals surface area contributed by atoms with Gasteiger partial charge >= 0.3 is 6.18 Å². The number of alkyl halides is 4. The molecule has 2 aliphatic heterocycles. The minimum atomic E-state index is -4.42. The lowest BCUT2D eigenvalue weighted by Gasteiger charge is -2.42. The lowest BCUT2D eigenvalue weighted by Crippen LogP contribution is -2.57. The number of aryl methyl sites for hydroxylation is 1. The maximum atomic E-state index is 14.9. The first-order chi connectivity index (χ1) is 17.7. The van der Waals surface area contributed by atoms with Gasteiger partial charge in [-0.1, -0.05) is 0 Å². The van der Waals surface area contributed by atoms with Crippen LogP contribution in [0.1, 0.15) is 12.2 Å². The third kappa shape index (κ3) is 4.44. The summed E-state index contributed by atoms with van der Waals surface area (Å²) in [5.41, 5.74) is 8.18. The molecule has 6 rings (SSSR count). The van der Waals surface area contributed by atoms with E-state index in [4.69, 9.17) is 10.5 Å². The number of pyridine rings is 1. The van der Waals surface area contributed by atoms with Gasteiger partial charge in [0.25, 0.3) is 0 Å². The number of nitrogens with zero attached hydrogens (tertiary/aromatic N) is 7. The fraction of sp³-hybridized carbons (Fsp3) is 0.478. The number of ether oxygens (including phenoxy) is 1. The fourth-order valence-corrected chi connectivity index (χ4v) is 4.98. The molecule has 3 N–H and O–H groups in total. The van der Waals surface area contributed by atoms with E-state index in [1.807, 2.05) is 0 Å². The summed E-state index contributed by atoms with van der Waals surface area (Å²) in [7, 11) is 0. The quantitative estimate of drug-likeness (QED) is 0.388. The summed E-state index contributed by atoms with van der Waals surface area (Å²) in [5, 5.41) is 7.52. The summed E-state index contributed by atoms with van der Waals surface area (Å²) in [6.07, 6.45) is -3.27. The second-order valence-electron chi connectivity index (χ2n) is 9.48. The van der Waals surface area contributed by atoms with Crippen LogP contribution in [0.5, 0.6) is 0 Å². The predicted molar refractivity (Wildman–Crippen MR) is 128 cm³/mol. The number of hydrogen-bond acceptors (Lipinski definition) is 8. The van der Waals surface area contributed by atoms with Crippen LogP contribution in [-0.4, -0.2) is 84.8 Å². The molecule has 6 heterocycles. The van der Waals surface area contributed by atoms with Gasteiger partial charge in [0, 0.05) is 24.8 Å². The van der Waals surface area contributed by atoms with Crippen molar-refractivity contribution in [3.05, 3.63) is 30.2 Å². The summed E-state index contributed by atoms with van der Waals surface area (Å²) in [5.74, 6) is 0.552. The van der Waals surface area contributed by atoms with Gasteiger partial charge in [-0.2, -0.15) is 18.2 Å². The first kappa shape index (κ1) is 23.9. The van der Waals surface area contributed by atoms with E-state index in [1.165, 1.54) is 11.4 Å². The maximum absolute atomic E-state index is 14.9. The average Bonchev–Trinajstić information content (AvgIpc) is 3.35. The molecular formula is C23H25F4N9O. The van der Waals surface area contributed by atoms with E-state index < -0.39 is 24.9 Å². The molecular weight excluding hydrogens is 494 g/mol. The number of hydrogen-bond donors (Lipinski definition) is 2. The van der Waals surface area contributed by atoms with Crippen molar-refractivity contribution in [2.24, 2.45) is 0 Å². The third-order valence-corrected chi connectivity index (χ3v) is 6.96. The molecule has 196 valence electrons. The van der Waals surface area contributed by atoms with Crippen molar-refractivity contribution >= 4 is 28.4 Å². The topological polar surface area (TPSA) is 111 Å². The lowest BCUT2D eigenvalue weighted by molar-refractivity contribution is -0.140. The van der Waals surface area contributed by atoms with Crippen molar-refractivity contribution in [1.29, 1.82) is 0 Å². The van der Waals surface area contributed by atoms with Crippen molar-refractivity contribution in [2.75, 3.05) is 37.4 Å². The van der Waals surface area contributed by atoms with Crippen molar-refractivity contribution in [3.63, 3.8) is 0 Å². The Balaban J connectivity index is 1.27. The molecule has 0 radical (unpaired) electrons. The Morgan fingerprint density at radius 3 is 2.68 bits per heavy atom. The molecule has 0 saturated carbocycles. The van der Waals surface area contributed by atoms with Gasteiger partial charge in [-0.15, -0.1) is 5.10 Å². The SMILES string of the molecule is Cc1nc2ccc(-c3ccn4nc(N[C@@H]5CCN(C6COC6)C[C@@H]5F)nc(N)c34)nc2n1CC(F)(F)F. The van der Waals surface area contributed by atoms with Gasteiger partial charge in [0.1, 0.15) is 29.6 Å². The molecule has 10 nitrogen and oxygen atoms in total. The molecule has 0 aliphatic carbocycles. The number of fused-ring (bicyclic) bond motifs is 2. The highest BCUT2D eigenvalue weighted by molar-refractivity contribution is 5.88. The normalized spacial score (nSPS) is 21.5. The van der Waals surface area contributed by atoms with Gasteiger partial charge in [-0.3, -0.25) is 4.90 Å². The Labute approximate surface area is 208 Å². The summed E-state index contributed by atoms with van der Waals surface area (Å²) < 4.78 is 62.0. The van der Waals surface area contributed by atoms with Crippen LogP contribution in [-0.2, 0) is 11.3 Å². The lowest BCUT2D eigenvalue weighted by atomic mass is 10.0. The molecule has 2 fully saturated rings. The smallest absolute Gasteiger partial charge is 0.382 e. The molecule has 37 heavy (non-hydrogen) atoms. The Bertz CT molecular complexity index is 1460. The third-order valence-electron chi connectivity index (χ3n) is 6.96. The van der Waals surface area contributed by atoms with Crippen molar-refractivity contribution in [1.82, 2.24) is 34.0 Å². The average molecular weight is 520 g/mol. The second-order valence-corrected chi connectivity index (χ2v) is 9.48. The van der Waals surface area contributed by atoms with Crippen molar-refractivity contribution < 1.29 is 22.3 Å². The zero-order chi connectivity index (χ0) is 25.9. The number of anilines is 2. The van der Waals surface area contributed by atoms with E-state index in [9.17, 15) is 17.6 Å². The second kappa shape index (κ2) is 8.80. The highest BCUT2D eigenvalue weighted by Gasteiger charge is 2.36.